The Morgan fingerprint density at radius 2 is 1.73 bits per heavy atom. The number of nitrogens with one attached hydrogen (secondary N) is 1. The van der Waals surface area contributed by atoms with Gasteiger partial charge in [-0.2, -0.15) is 0 Å². The van der Waals surface area contributed by atoms with E-state index in [0.717, 1.165) is 49.0 Å². The van der Waals surface area contributed by atoms with Gasteiger partial charge in [0, 0.05) is 17.5 Å². The van der Waals surface area contributed by atoms with Crippen molar-refractivity contribution in [1.82, 2.24) is 5.32 Å². The molecule has 6 nitrogen and oxygen atoms in total. The van der Waals surface area contributed by atoms with Crippen molar-refractivity contribution in [3.63, 3.8) is 0 Å². The molecule has 4 bridgehead atoms. The number of hydrogen-bond acceptors (Lipinski definition) is 5. The molecule has 1 aromatic rings. The number of esters is 1. The van der Waals surface area contributed by atoms with Gasteiger partial charge in [-0.3, -0.25) is 4.79 Å². The first-order chi connectivity index (χ1) is 14.3. The molecule has 4 aliphatic carbocycles. The molecule has 5 aliphatic rings. The summed E-state index contributed by atoms with van der Waals surface area (Å²) >= 11 is 0. The molecule has 0 radical (unpaired) electrons. The fourth-order valence-corrected chi connectivity index (χ4v) is 6.62. The van der Waals surface area contributed by atoms with Gasteiger partial charge in [-0.05, 0) is 76.2 Å². The van der Waals surface area contributed by atoms with Crippen molar-refractivity contribution in [3.8, 4) is 11.5 Å². The number of carbonyl (C=O) groups excluding carboxylic acids is 2. The van der Waals surface area contributed by atoms with Gasteiger partial charge in [0.05, 0.1) is 0 Å². The highest BCUT2D eigenvalue weighted by Crippen LogP contribution is 2.55. The molecule has 1 aliphatic heterocycles. The summed E-state index contributed by atoms with van der Waals surface area (Å²) in [5.74, 6) is 2.75. The Hall–Kier alpha value is -2.24. The van der Waals surface area contributed by atoms with Gasteiger partial charge in [0.25, 0.3) is 5.91 Å². The Kier molecular flexibility index (Phi) is 4.71. The maximum absolute atomic E-state index is 12.5. The molecule has 30 heavy (non-hydrogen) atoms. The zero-order valence-corrected chi connectivity index (χ0v) is 17.9. The van der Waals surface area contributed by atoms with Gasteiger partial charge in [0.1, 0.15) is 5.60 Å². The number of hydrogen-bond donors (Lipinski definition) is 1. The van der Waals surface area contributed by atoms with Gasteiger partial charge in [-0.1, -0.05) is 12.1 Å². The lowest BCUT2D eigenvalue weighted by atomic mass is 9.53. The summed E-state index contributed by atoms with van der Waals surface area (Å²) in [5, 5.41) is 3.22. The molecule has 1 amide bonds. The Balaban J connectivity index is 1.10. The first-order valence-corrected chi connectivity index (χ1v) is 11.2. The molecule has 4 saturated carbocycles. The fourth-order valence-electron chi connectivity index (χ4n) is 6.62. The molecule has 6 heteroatoms. The average Bonchev–Trinajstić information content (AvgIpc) is 2.97. The molecule has 1 N–H and O–H groups in total. The molecule has 162 valence electrons. The van der Waals surface area contributed by atoms with E-state index in [1.807, 2.05) is 26.0 Å². The summed E-state index contributed by atoms with van der Waals surface area (Å²) < 4.78 is 16.8. The van der Waals surface area contributed by atoms with Gasteiger partial charge < -0.3 is 19.5 Å². The van der Waals surface area contributed by atoms with Crippen LogP contribution in [-0.4, -0.2) is 36.2 Å². The van der Waals surface area contributed by atoms with Crippen LogP contribution in [0.25, 0.3) is 0 Å². The Labute approximate surface area is 177 Å². The summed E-state index contributed by atoms with van der Waals surface area (Å²) in [5.41, 5.74) is 0.724. The van der Waals surface area contributed by atoms with Crippen LogP contribution in [0.3, 0.4) is 0 Å². The zero-order valence-electron chi connectivity index (χ0n) is 17.9. The molecule has 4 fully saturated rings. The van der Waals surface area contributed by atoms with Crippen molar-refractivity contribution in [2.45, 2.75) is 69.9 Å². The highest BCUT2D eigenvalue weighted by molar-refractivity contribution is 5.81. The number of carbonyl (C=O) groups is 2. The lowest BCUT2D eigenvalue weighted by Crippen LogP contribution is -2.60. The Bertz CT molecular complexity index is 826. The van der Waals surface area contributed by atoms with Crippen LogP contribution >= 0.6 is 0 Å². The van der Waals surface area contributed by atoms with Gasteiger partial charge in [-0.25, -0.2) is 4.79 Å². The van der Waals surface area contributed by atoms with Gasteiger partial charge in [0.15, 0.2) is 24.7 Å². The first-order valence-electron chi connectivity index (χ1n) is 11.2. The molecule has 0 atom stereocenters. The van der Waals surface area contributed by atoms with E-state index in [2.05, 4.69) is 5.32 Å². The van der Waals surface area contributed by atoms with E-state index in [1.165, 1.54) is 19.3 Å². The SMILES string of the molecule is CC1(C)Cc2cccc(OCC(=O)OCC(=O)NC34CC5CC(CC(C5)C3)C4)c2O1. The van der Waals surface area contributed by atoms with E-state index in [1.54, 1.807) is 6.07 Å². The highest BCUT2D eigenvalue weighted by atomic mass is 16.6. The van der Waals surface area contributed by atoms with Crippen LogP contribution in [0.2, 0.25) is 0 Å². The van der Waals surface area contributed by atoms with Crippen molar-refractivity contribution in [1.29, 1.82) is 0 Å². The van der Waals surface area contributed by atoms with Crippen molar-refractivity contribution in [3.05, 3.63) is 23.8 Å². The molecule has 0 saturated heterocycles. The summed E-state index contributed by atoms with van der Waals surface area (Å²) in [7, 11) is 0. The van der Waals surface area contributed by atoms with E-state index in [9.17, 15) is 9.59 Å². The third-order valence-electron chi connectivity index (χ3n) is 7.21. The van der Waals surface area contributed by atoms with E-state index in [0.29, 0.717) is 11.5 Å². The van der Waals surface area contributed by atoms with Crippen molar-refractivity contribution in [2.24, 2.45) is 17.8 Å². The van der Waals surface area contributed by atoms with Crippen LogP contribution in [0.4, 0.5) is 0 Å². The highest BCUT2D eigenvalue weighted by Gasteiger charge is 2.51. The van der Waals surface area contributed by atoms with Crippen LogP contribution in [0.5, 0.6) is 11.5 Å². The summed E-state index contributed by atoms with van der Waals surface area (Å²) in [6, 6.07) is 5.68. The minimum absolute atomic E-state index is 0.0660. The molecular formula is C24H31NO5. The molecule has 6 rings (SSSR count). The third kappa shape index (κ3) is 3.88. The monoisotopic (exact) mass is 413 g/mol. The molecule has 0 unspecified atom stereocenters. The maximum Gasteiger partial charge on any atom is 0.344 e. The lowest BCUT2D eigenvalue weighted by Gasteiger charge is -2.56. The average molecular weight is 414 g/mol. The van der Waals surface area contributed by atoms with E-state index < -0.39 is 5.97 Å². The summed E-state index contributed by atoms with van der Waals surface area (Å²) in [6.45, 7) is 3.55. The summed E-state index contributed by atoms with van der Waals surface area (Å²) in [4.78, 5) is 24.6. The van der Waals surface area contributed by atoms with Gasteiger partial charge in [-0.15, -0.1) is 0 Å². The van der Waals surface area contributed by atoms with Crippen LogP contribution < -0.4 is 14.8 Å². The van der Waals surface area contributed by atoms with E-state index >= 15 is 0 Å². The molecule has 1 aromatic carbocycles. The number of rotatable bonds is 6. The lowest BCUT2D eigenvalue weighted by molar-refractivity contribution is -0.151. The predicted octanol–water partition coefficient (Wildman–Crippen LogP) is 3.41. The minimum atomic E-state index is -0.550. The van der Waals surface area contributed by atoms with Crippen LogP contribution in [0.15, 0.2) is 18.2 Å². The normalized spacial score (nSPS) is 32.3. The number of amides is 1. The second kappa shape index (κ2) is 7.17. The predicted molar refractivity (Wildman–Crippen MR) is 110 cm³/mol. The molecule has 1 heterocycles. The molecule has 0 spiro atoms. The standard InChI is InChI=1S/C24H31NO5/c1-23(2)12-18-4-3-5-19(22(18)30-23)28-14-21(27)29-13-20(26)25-24-9-15-6-16(10-24)8-17(7-15)11-24/h3-5,15-17H,6-14H2,1-2H3,(H,25,26). The number of fused-ring (bicyclic) bond motifs is 1. The molecular weight excluding hydrogens is 382 g/mol. The van der Waals surface area contributed by atoms with Crippen molar-refractivity contribution in [2.75, 3.05) is 13.2 Å². The number of benzene rings is 1. The maximum atomic E-state index is 12.5. The Morgan fingerprint density at radius 3 is 2.40 bits per heavy atom. The zero-order chi connectivity index (χ0) is 20.9. The van der Waals surface area contributed by atoms with Gasteiger partial charge >= 0.3 is 5.97 Å². The summed E-state index contributed by atoms with van der Waals surface area (Å²) in [6.07, 6.45) is 8.02. The topological polar surface area (TPSA) is 73.9 Å². The van der Waals surface area contributed by atoms with Crippen molar-refractivity contribution < 1.29 is 23.8 Å². The number of ether oxygens (including phenoxy) is 3. The first kappa shape index (κ1) is 19.7. The van der Waals surface area contributed by atoms with Crippen molar-refractivity contribution >= 4 is 11.9 Å². The van der Waals surface area contributed by atoms with Gasteiger partial charge in [0.2, 0.25) is 0 Å². The smallest absolute Gasteiger partial charge is 0.344 e. The van der Waals surface area contributed by atoms with E-state index in [-0.39, 0.29) is 30.3 Å². The fraction of sp³-hybridized carbons (Fsp3) is 0.667. The minimum Gasteiger partial charge on any atom is -0.483 e. The quantitative estimate of drug-likeness (QED) is 0.724. The second-order valence-electron chi connectivity index (χ2n) is 10.5. The van der Waals surface area contributed by atoms with E-state index in [4.69, 9.17) is 14.2 Å². The van der Waals surface area contributed by atoms with Crippen LogP contribution in [0, 0.1) is 17.8 Å². The molecule has 0 aromatic heterocycles. The Morgan fingerprint density at radius 1 is 1.07 bits per heavy atom. The second-order valence-corrected chi connectivity index (χ2v) is 10.5. The largest absolute Gasteiger partial charge is 0.483 e. The number of para-hydroxylation sites is 1. The third-order valence-corrected chi connectivity index (χ3v) is 7.21. The van der Waals surface area contributed by atoms with Crippen LogP contribution in [0.1, 0.15) is 57.9 Å². The van der Waals surface area contributed by atoms with Crippen LogP contribution in [-0.2, 0) is 20.7 Å².